The maximum Gasteiger partial charge on any atom is 0.170 e. The van der Waals surface area contributed by atoms with Gasteiger partial charge >= 0.3 is 0 Å². The summed E-state index contributed by atoms with van der Waals surface area (Å²) < 4.78 is 13.0. The van der Waals surface area contributed by atoms with Gasteiger partial charge in [0, 0.05) is 16.7 Å². The van der Waals surface area contributed by atoms with Gasteiger partial charge in [-0.1, -0.05) is 121 Å². The largest absolute Gasteiger partial charge is 0.449 e. The molecule has 0 fully saturated rings. The number of ether oxygens (including phenoxy) is 2. The minimum atomic E-state index is 0.555. The van der Waals surface area contributed by atoms with Crippen molar-refractivity contribution in [3.8, 4) is 79.4 Å². The molecule has 6 aromatic carbocycles. The second-order valence-corrected chi connectivity index (χ2v) is 10.5. The zero-order valence-corrected chi connectivity index (χ0v) is 23.6. The third kappa shape index (κ3) is 4.86. The van der Waals surface area contributed by atoms with Gasteiger partial charge in [0.05, 0.1) is 0 Å². The van der Waals surface area contributed by atoms with Crippen molar-refractivity contribution in [3.05, 3.63) is 152 Å². The summed E-state index contributed by atoms with van der Waals surface area (Å²) in [5.74, 6) is 4.32. The lowest BCUT2D eigenvalue weighted by atomic mass is 9.93. The fourth-order valence-corrected chi connectivity index (χ4v) is 5.42. The van der Waals surface area contributed by atoms with Crippen molar-refractivity contribution in [1.82, 2.24) is 15.0 Å². The highest BCUT2D eigenvalue weighted by Gasteiger charge is 2.24. The van der Waals surface area contributed by atoms with Gasteiger partial charge in [-0.05, 0) is 52.6 Å². The molecule has 5 nitrogen and oxygen atoms in total. The lowest BCUT2D eigenvalue weighted by molar-refractivity contribution is 0.360. The van der Waals surface area contributed by atoms with Crippen LogP contribution in [0.4, 0.5) is 0 Å². The van der Waals surface area contributed by atoms with Gasteiger partial charge in [-0.2, -0.15) is 0 Å². The molecule has 0 saturated heterocycles. The summed E-state index contributed by atoms with van der Waals surface area (Å²) >= 11 is 0. The molecule has 0 saturated carbocycles. The summed E-state index contributed by atoms with van der Waals surface area (Å²) in [6, 6.07) is 50.5. The molecule has 5 heteroatoms. The van der Waals surface area contributed by atoms with Gasteiger partial charge in [-0.3, -0.25) is 0 Å². The van der Waals surface area contributed by atoms with E-state index in [2.05, 4.69) is 36.4 Å². The molecule has 1 aliphatic rings. The zero-order chi connectivity index (χ0) is 29.3. The maximum absolute atomic E-state index is 6.53. The molecular formula is C39H25N3O2. The molecule has 0 aliphatic carbocycles. The van der Waals surface area contributed by atoms with E-state index in [4.69, 9.17) is 24.4 Å². The third-order valence-electron chi connectivity index (χ3n) is 7.59. The highest BCUT2D eigenvalue weighted by Crippen LogP contribution is 2.50. The molecule has 8 rings (SSSR count). The molecule has 0 atom stereocenters. The van der Waals surface area contributed by atoms with E-state index in [1.807, 2.05) is 115 Å². The van der Waals surface area contributed by atoms with Crippen LogP contribution < -0.4 is 9.47 Å². The lowest BCUT2D eigenvalue weighted by Crippen LogP contribution is -2.02. The molecule has 1 aliphatic heterocycles. The Labute approximate surface area is 255 Å². The third-order valence-corrected chi connectivity index (χ3v) is 7.59. The van der Waals surface area contributed by atoms with Crippen molar-refractivity contribution < 1.29 is 9.47 Å². The van der Waals surface area contributed by atoms with Crippen LogP contribution in [-0.4, -0.2) is 15.0 Å². The molecule has 0 unspecified atom stereocenters. The van der Waals surface area contributed by atoms with Crippen LogP contribution in [0.2, 0.25) is 0 Å². The van der Waals surface area contributed by atoms with Crippen LogP contribution in [0.1, 0.15) is 0 Å². The summed E-state index contributed by atoms with van der Waals surface area (Å²) in [4.78, 5) is 14.6. The summed E-state index contributed by atoms with van der Waals surface area (Å²) in [6.45, 7) is 0. The molecule has 7 aromatic rings. The van der Waals surface area contributed by atoms with Crippen molar-refractivity contribution >= 4 is 0 Å². The van der Waals surface area contributed by atoms with Crippen molar-refractivity contribution in [2.24, 2.45) is 0 Å². The normalized spacial score (nSPS) is 11.5. The van der Waals surface area contributed by atoms with Gasteiger partial charge in [0.2, 0.25) is 0 Å². The average Bonchev–Trinajstić information content (AvgIpc) is 3.11. The SMILES string of the molecule is c1ccc(-c2nc(-c3ccccc3)nc(-c3ccc4c(c3)Oc3cc(-c5ccccc5)c(-c5ccccc5)cc3O4)n2)cc1. The molecule has 0 N–H and O–H groups in total. The van der Waals surface area contributed by atoms with E-state index in [1.54, 1.807) is 0 Å². The van der Waals surface area contributed by atoms with Crippen LogP contribution in [0, 0.1) is 0 Å². The molecule has 44 heavy (non-hydrogen) atoms. The van der Waals surface area contributed by atoms with Gasteiger partial charge in [0.1, 0.15) is 0 Å². The first-order valence-corrected chi connectivity index (χ1v) is 14.4. The molecule has 0 amide bonds. The van der Waals surface area contributed by atoms with Crippen molar-refractivity contribution in [2.45, 2.75) is 0 Å². The minimum Gasteiger partial charge on any atom is -0.449 e. The topological polar surface area (TPSA) is 57.1 Å². The second-order valence-electron chi connectivity index (χ2n) is 10.5. The highest BCUT2D eigenvalue weighted by molar-refractivity contribution is 5.86. The van der Waals surface area contributed by atoms with Crippen LogP contribution in [-0.2, 0) is 0 Å². The minimum absolute atomic E-state index is 0.555. The first kappa shape index (κ1) is 25.6. The van der Waals surface area contributed by atoms with Crippen molar-refractivity contribution in [2.75, 3.05) is 0 Å². The van der Waals surface area contributed by atoms with E-state index in [-0.39, 0.29) is 0 Å². The maximum atomic E-state index is 6.53. The van der Waals surface area contributed by atoms with Crippen LogP contribution >= 0.6 is 0 Å². The van der Waals surface area contributed by atoms with E-state index in [0.29, 0.717) is 40.5 Å². The highest BCUT2D eigenvalue weighted by atomic mass is 16.6. The van der Waals surface area contributed by atoms with Gasteiger partial charge in [-0.25, -0.2) is 15.0 Å². The zero-order valence-electron chi connectivity index (χ0n) is 23.6. The van der Waals surface area contributed by atoms with Crippen LogP contribution in [0.25, 0.3) is 56.4 Å². The Morgan fingerprint density at radius 2 is 0.659 bits per heavy atom. The standard InChI is InChI=1S/C39H25N3O2/c1-5-13-26(14-6-1)31-24-35-36(25-32(31)27-15-7-2-8-16-27)44-34-23-30(21-22-33(34)43-35)39-41-37(28-17-9-3-10-18-28)40-38(42-39)29-19-11-4-12-20-29/h1-25H. The summed E-state index contributed by atoms with van der Waals surface area (Å²) in [6.07, 6.45) is 0. The van der Waals surface area contributed by atoms with Crippen LogP contribution in [0.3, 0.4) is 0 Å². The Morgan fingerprint density at radius 3 is 1.11 bits per heavy atom. The molecule has 2 heterocycles. The lowest BCUT2D eigenvalue weighted by Gasteiger charge is -2.23. The quantitative estimate of drug-likeness (QED) is 0.207. The van der Waals surface area contributed by atoms with Crippen molar-refractivity contribution in [1.29, 1.82) is 0 Å². The smallest absolute Gasteiger partial charge is 0.170 e. The number of aromatic nitrogens is 3. The fourth-order valence-electron chi connectivity index (χ4n) is 5.42. The van der Waals surface area contributed by atoms with E-state index in [1.165, 1.54) is 0 Å². The summed E-state index contributed by atoms with van der Waals surface area (Å²) in [5, 5.41) is 0. The molecule has 0 bridgehead atoms. The monoisotopic (exact) mass is 567 g/mol. The predicted octanol–water partition coefficient (Wildman–Crippen LogP) is 10.1. The predicted molar refractivity (Wildman–Crippen MR) is 174 cm³/mol. The van der Waals surface area contributed by atoms with Crippen LogP contribution in [0.5, 0.6) is 23.0 Å². The summed E-state index contributed by atoms with van der Waals surface area (Å²) in [5.41, 5.74) is 6.99. The molecule has 1 aromatic heterocycles. The van der Waals surface area contributed by atoms with Gasteiger partial charge in [0.25, 0.3) is 0 Å². The first-order chi connectivity index (χ1) is 21.8. The Hall–Kier alpha value is -6.07. The number of fused-ring (bicyclic) bond motifs is 2. The Balaban J connectivity index is 1.22. The van der Waals surface area contributed by atoms with E-state index < -0.39 is 0 Å². The van der Waals surface area contributed by atoms with Crippen molar-refractivity contribution in [3.63, 3.8) is 0 Å². The number of hydrogen-bond donors (Lipinski definition) is 0. The molecular weight excluding hydrogens is 542 g/mol. The number of rotatable bonds is 5. The summed E-state index contributed by atoms with van der Waals surface area (Å²) in [7, 11) is 0. The van der Waals surface area contributed by atoms with Gasteiger partial charge in [0.15, 0.2) is 40.5 Å². The van der Waals surface area contributed by atoms with Gasteiger partial charge in [-0.15, -0.1) is 0 Å². The molecule has 0 spiro atoms. The van der Waals surface area contributed by atoms with Crippen LogP contribution in [0.15, 0.2) is 152 Å². The van der Waals surface area contributed by atoms with E-state index in [9.17, 15) is 0 Å². The van der Waals surface area contributed by atoms with E-state index >= 15 is 0 Å². The van der Waals surface area contributed by atoms with Gasteiger partial charge < -0.3 is 9.47 Å². The Bertz CT molecular complexity index is 2040. The Kier molecular flexibility index (Phi) is 6.39. The second kappa shape index (κ2) is 11.0. The molecule has 0 radical (unpaired) electrons. The fraction of sp³-hybridized carbons (Fsp3) is 0. The number of hydrogen-bond acceptors (Lipinski definition) is 5. The van der Waals surface area contributed by atoms with E-state index in [0.717, 1.165) is 38.9 Å². The Morgan fingerprint density at radius 1 is 0.295 bits per heavy atom. The molecule has 208 valence electrons. The number of nitrogens with zero attached hydrogens (tertiary/aromatic N) is 3. The average molecular weight is 568 g/mol. The first-order valence-electron chi connectivity index (χ1n) is 14.4. The number of benzene rings is 6.